The van der Waals surface area contributed by atoms with Gasteiger partial charge in [0.15, 0.2) is 0 Å². The zero-order valence-corrected chi connectivity index (χ0v) is 13.6. The van der Waals surface area contributed by atoms with Gasteiger partial charge in [0.2, 0.25) is 5.91 Å². The molecule has 0 fully saturated rings. The molecule has 0 saturated carbocycles. The van der Waals surface area contributed by atoms with E-state index in [0.717, 1.165) is 17.7 Å². The summed E-state index contributed by atoms with van der Waals surface area (Å²) in [6, 6.07) is 7.66. The molecule has 118 valence electrons. The topological polar surface area (TPSA) is 64.3 Å². The molecular formula is C17H28N2O2. The highest BCUT2D eigenvalue weighted by Crippen LogP contribution is 2.24. The van der Waals surface area contributed by atoms with E-state index in [4.69, 9.17) is 10.5 Å². The third kappa shape index (κ3) is 5.76. The van der Waals surface area contributed by atoms with Crippen LogP contribution < -0.4 is 15.8 Å². The summed E-state index contributed by atoms with van der Waals surface area (Å²) in [4.78, 5) is 12.2. The number of amides is 1. The minimum Gasteiger partial charge on any atom is -0.496 e. The van der Waals surface area contributed by atoms with Crippen molar-refractivity contribution >= 4 is 5.91 Å². The van der Waals surface area contributed by atoms with Crippen LogP contribution in [0.25, 0.3) is 0 Å². The van der Waals surface area contributed by atoms with Gasteiger partial charge < -0.3 is 15.8 Å². The number of para-hydroxylation sites is 1. The summed E-state index contributed by atoms with van der Waals surface area (Å²) in [5, 5.41) is 3.03. The van der Waals surface area contributed by atoms with Crippen molar-refractivity contribution in [3.63, 3.8) is 0 Å². The van der Waals surface area contributed by atoms with Crippen molar-refractivity contribution in [2.24, 2.45) is 17.6 Å². The standard InChI is InChI=1S/C17H28N2O2/c1-12(2)9-14(11-18)10-17(20)19-13(3)15-7-5-6-8-16(15)21-4/h5-8,12-14H,9-11,18H2,1-4H3,(H,19,20)/t13-,14-/m0/s1. The number of ether oxygens (including phenoxy) is 1. The monoisotopic (exact) mass is 292 g/mol. The molecule has 1 rings (SSSR count). The van der Waals surface area contributed by atoms with Crippen molar-refractivity contribution in [2.45, 2.75) is 39.7 Å². The highest BCUT2D eigenvalue weighted by molar-refractivity contribution is 5.76. The summed E-state index contributed by atoms with van der Waals surface area (Å²) < 4.78 is 5.33. The average Bonchev–Trinajstić information content (AvgIpc) is 2.45. The lowest BCUT2D eigenvalue weighted by atomic mass is 9.94. The van der Waals surface area contributed by atoms with E-state index >= 15 is 0 Å². The van der Waals surface area contributed by atoms with Crippen molar-refractivity contribution in [3.8, 4) is 5.75 Å². The van der Waals surface area contributed by atoms with Crippen LogP contribution in [0.15, 0.2) is 24.3 Å². The third-order valence-electron chi connectivity index (χ3n) is 3.60. The molecule has 2 atom stereocenters. The van der Waals surface area contributed by atoms with Gasteiger partial charge in [-0.3, -0.25) is 4.79 Å². The second kappa shape index (κ2) is 8.67. The van der Waals surface area contributed by atoms with Gasteiger partial charge in [0.1, 0.15) is 5.75 Å². The van der Waals surface area contributed by atoms with Crippen LogP contribution in [0.4, 0.5) is 0 Å². The Kier molecular flexibility index (Phi) is 7.23. The number of benzene rings is 1. The van der Waals surface area contributed by atoms with Gasteiger partial charge in [-0.1, -0.05) is 32.0 Å². The van der Waals surface area contributed by atoms with Gasteiger partial charge in [0.05, 0.1) is 13.2 Å². The van der Waals surface area contributed by atoms with Crippen molar-refractivity contribution in [1.29, 1.82) is 0 Å². The second-order valence-electron chi connectivity index (χ2n) is 5.97. The first kappa shape index (κ1) is 17.5. The summed E-state index contributed by atoms with van der Waals surface area (Å²) in [6.45, 7) is 6.82. The van der Waals surface area contributed by atoms with E-state index in [0.29, 0.717) is 18.9 Å². The van der Waals surface area contributed by atoms with Crippen molar-refractivity contribution < 1.29 is 9.53 Å². The van der Waals surface area contributed by atoms with E-state index in [1.54, 1.807) is 7.11 Å². The molecule has 1 aromatic rings. The third-order valence-corrected chi connectivity index (χ3v) is 3.60. The Balaban J connectivity index is 2.61. The fraction of sp³-hybridized carbons (Fsp3) is 0.588. The number of carbonyl (C=O) groups excluding carboxylic acids is 1. The van der Waals surface area contributed by atoms with Gasteiger partial charge in [-0.05, 0) is 37.8 Å². The summed E-state index contributed by atoms with van der Waals surface area (Å²) in [6.07, 6.45) is 1.46. The summed E-state index contributed by atoms with van der Waals surface area (Å²) in [5.41, 5.74) is 6.74. The van der Waals surface area contributed by atoms with E-state index in [9.17, 15) is 4.79 Å². The largest absolute Gasteiger partial charge is 0.496 e. The first-order chi connectivity index (χ1) is 9.97. The Morgan fingerprint density at radius 3 is 2.52 bits per heavy atom. The van der Waals surface area contributed by atoms with Gasteiger partial charge >= 0.3 is 0 Å². The van der Waals surface area contributed by atoms with E-state index in [1.807, 2.05) is 31.2 Å². The predicted octanol–water partition coefficient (Wildman–Crippen LogP) is 2.88. The molecular weight excluding hydrogens is 264 g/mol. The Morgan fingerprint density at radius 2 is 1.95 bits per heavy atom. The van der Waals surface area contributed by atoms with E-state index < -0.39 is 0 Å². The van der Waals surface area contributed by atoms with Crippen molar-refractivity contribution in [2.75, 3.05) is 13.7 Å². The second-order valence-corrected chi connectivity index (χ2v) is 5.97. The molecule has 0 bridgehead atoms. The molecule has 3 N–H and O–H groups in total. The van der Waals surface area contributed by atoms with Crippen LogP contribution in [0.2, 0.25) is 0 Å². The lowest BCUT2D eigenvalue weighted by Crippen LogP contribution is -2.31. The number of methoxy groups -OCH3 is 1. The lowest BCUT2D eigenvalue weighted by Gasteiger charge is -2.20. The van der Waals surface area contributed by atoms with Gasteiger partial charge in [-0.25, -0.2) is 0 Å². The smallest absolute Gasteiger partial charge is 0.220 e. The molecule has 0 unspecified atom stereocenters. The molecule has 0 saturated heterocycles. The lowest BCUT2D eigenvalue weighted by molar-refractivity contribution is -0.122. The Bertz CT molecular complexity index is 446. The van der Waals surface area contributed by atoms with Crippen LogP contribution in [0.5, 0.6) is 5.75 Å². The highest BCUT2D eigenvalue weighted by atomic mass is 16.5. The minimum atomic E-state index is -0.0777. The number of nitrogens with two attached hydrogens (primary N) is 1. The van der Waals surface area contributed by atoms with Crippen LogP contribution in [0.3, 0.4) is 0 Å². The van der Waals surface area contributed by atoms with Crippen LogP contribution in [0, 0.1) is 11.8 Å². The molecule has 21 heavy (non-hydrogen) atoms. The zero-order chi connectivity index (χ0) is 15.8. The van der Waals surface area contributed by atoms with Gasteiger partial charge in [-0.2, -0.15) is 0 Å². The van der Waals surface area contributed by atoms with Crippen LogP contribution >= 0.6 is 0 Å². The fourth-order valence-electron chi connectivity index (χ4n) is 2.59. The maximum atomic E-state index is 12.2. The summed E-state index contributed by atoms with van der Waals surface area (Å²) in [7, 11) is 1.64. The Morgan fingerprint density at radius 1 is 1.29 bits per heavy atom. The Hall–Kier alpha value is -1.55. The molecule has 0 aliphatic rings. The first-order valence-electron chi connectivity index (χ1n) is 7.60. The molecule has 0 aliphatic heterocycles. The first-order valence-corrected chi connectivity index (χ1v) is 7.60. The number of hydrogen-bond donors (Lipinski definition) is 2. The molecule has 4 nitrogen and oxygen atoms in total. The molecule has 0 aliphatic carbocycles. The molecule has 0 heterocycles. The molecule has 4 heteroatoms. The maximum Gasteiger partial charge on any atom is 0.220 e. The number of nitrogens with one attached hydrogen (secondary N) is 1. The van der Waals surface area contributed by atoms with Gasteiger partial charge in [-0.15, -0.1) is 0 Å². The SMILES string of the molecule is COc1ccccc1[C@H](C)NC(=O)C[C@@H](CN)CC(C)C. The maximum absolute atomic E-state index is 12.2. The number of rotatable bonds is 8. The summed E-state index contributed by atoms with van der Waals surface area (Å²) in [5.74, 6) is 1.64. The van der Waals surface area contributed by atoms with Crippen molar-refractivity contribution in [1.82, 2.24) is 5.32 Å². The molecule has 0 aromatic heterocycles. The van der Waals surface area contributed by atoms with Gasteiger partial charge in [0, 0.05) is 12.0 Å². The zero-order valence-electron chi connectivity index (χ0n) is 13.6. The molecule has 0 spiro atoms. The molecule has 1 amide bonds. The Labute approximate surface area is 128 Å². The average molecular weight is 292 g/mol. The number of carbonyl (C=O) groups is 1. The summed E-state index contributed by atoms with van der Waals surface area (Å²) >= 11 is 0. The minimum absolute atomic E-state index is 0.0458. The highest BCUT2D eigenvalue weighted by Gasteiger charge is 2.17. The van der Waals surface area contributed by atoms with Crippen LogP contribution in [-0.4, -0.2) is 19.6 Å². The van der Waals surface area contributed by atoms with Gasteiger partial charge in [0.25, 0.3) is 0 Å². The predicted molar refractivity (Wildman–Crippen MR) is 86.2 cm³/mol. The molecule has 0 radical (unpaired) electrons. The fourth-order valence-corrected chi connectivity index (χ4v) is 2.59. The normalized spacial score (nSPS) is 13.8. The number of hydrogen-bond acceptors (Lipinski definition) is 3. The van der Waals surface area contributed by atoms with Crippen LogP contribution in [0.1, 0.15) is 45.2 Å². The van der Waals surface area contributed by atoms with E-state index in [1.165, 1.54) is 0 Å². The van der Waals surface area contributed by atoms with E-state index in [-0.39, 0.29) is 17.9 Å². The molecule has 1 aromatic carbocycles. The van der Waals surface area contributed by atoms with E-state index in [2.05, 4.69) is 19.2 Å². The van der Waals surface area contributed by atoms with Crippen LogP contribution in [-0.2, 0) is 4.79 Å². The van der Waals surface area contributed by atoms with Crippen molar-refractivity contribution in [3.05, 3.63) is 29.8 Å². The quantitative estimate of drug-likeness (QED) is 0.774.